The topological polar surface area (TPSA) is 286 Å². The van der Waals surface area contributed by atoms with E-state index in [1.165, 1.54) is 50.7 Å². The Bertz CT molecular complexity index is 5050. The van der Waals surface area contributed by atoms with Gasteiger partial charge in [0.05, 0.1) is 22.5 Å². The van der Waals surface area contributed by atoms with Gasteiger partial charge in [-0.3, -0.25) is 64.0 Å². The first-order valence-electron chi connectivity index (χ1n) is 39.2. The van der Waals surface area contributed by atoms with Gasteiger partial charge in [-0.05, 0) is 162 Å². The molecule has 0 unspecified atom stereocenters. The molecule has 0 fully saturated rings. The van der Waals surface area contributed by atoms with Crippen LogP contribution < -0.4 is 21.3 Å². The summed E-state index contributed by atoms with van der Waals surface area (Å²) in [5.74, 6) is -1.15. The maximum Gasteiger partial charge on any atom is 0.413 e. The van der Waals surface area contributed by atoms with E-state index in [1.54, 1.807) is 69.4 Å². The molecule has 5 amide bonds. The predicted molar refractivity (Wildman–Crippen MR) is 437 cm³/mol. The van der Waals surface area contributed by atoms with Crippen LogP contribution in [0.1, 0.15) is 184 Å². The molecule has 3 aliphatic heterocycles. The molecule has 0 bridgehead atoms. The van der Waals surface area contributed by atoms with Gasteiger partial charge in [-0.2, -0.15) is 0 Å². The summed E-state index contributed by atoms with van der Waals surface area (Å²) in [6, 6.07) is 56.6. The fourth-order valence-corrected chi connectivity index (χ4v) is 15.3. The van der Waals surface area contributed by atoms with Gasteiger partial charge >= 0.3 is 18.0 Å². The third-order valence-corrected chi connectivity index (χ3v) is 20.8. The van der Waals surface area contributed by atoms with Crippen molar-refractivity contribution in [2.45, 2.75) is 136 Å². The fraction of sp³-hybridized carbons (Fsp3) is 0.319. The number of nitrogens with zero attached hydrogens (tertiary/aromatic N) is 7. The van der Waals surface area contributed by atoms with Crippen LogP contribution in [0.4, 0.5) is 21.9 Å². The number of aromatic nitrogens is 2. The summed E-state index contributed by atoms with van der Waals surface area (Å²) in [5, 5.41) is 22.7. The summed E-state index contributed by atoms with van der Waals surface area (Å²) in [6.07, 6.45) is 8.67. The van der Waals surface area contributed by atoms with Gasteiger partial charge in [-0.1, -0.05) is 141 Å². The molecule has 0 saturated heterocycles. The number of benzene rings is 7. The van der Waals surface area contributed by atoms with Gasteiger partial charge in [-0.15, -0.1) is 0 Å². The molecule has 23 nitrogen and oxygen atoms in total. The van der Waals surface area contributed by atoms with Crippen molar-refractivity contribution in [3.8, 4) is 22.3 Å². The second kappa shape index (κ2) is 36.9. The van der Waals surface area contributed by atoms with Crippen molar-refractivity contribution in [2.75, 3.05) is 57.8 Å². The van der Waals surface area contributed by atoms with Gasteiger partial charge in [0.25, 0.3) is 23.4 Å². The normalized spacial score (nSPS) is 14.0. The highest BCUT2D eigenvalue weighted by Gasteiger charge is 2.32. The Hall–Kier alpha value is -12.3. The monoisotopic (exact) mass is 1530 g/mol. The van der Waals surface area contributed by atoms with Crippen LogP contribution >= 0.6 is 0 Å². The molecular formula is C91H95N11O12. The highest BCUT2D eigenvalue weighted by Crippen LogP contribution is 2.46. The molecule has 0 atom stereocenters. The number of nitro groups is 1. The lowest BCUT2D eigenvalue weighted by molar-refractivity contribution is -0.385. The molecule has 0 saturated carbocycles. The molecule has 23 heteroatoms. The molecule has 2 aliphatic carbocycles. The van der Waals surface area contributed by atoms with Gasteiger partial charge in [0, 0.05) is 155 Å². The van der Waals surface area contributed by atoms with E-state index in [1.807, 2.05) is 110 Å². The Kier molecular flexibility index (Phi) is 25.8. The zero-order valence-corrected chi connectivity index (χ0v) is 65.0. The Morgan fingerprint density at radius 3 is 1.50 bits per heavy atom. The van der Waals surface area contributed by atoms with Crippen molar-refractivity contribution >= 4 is 70.6 Å². The molecule has 14 rings (SSSR count). The summed E-state index contributed by atoms with van der Waals surface area (Å²) in [7, 11) is 0. The van der Waals surface area contributed by atoms with Crippen molar-refractivity contribution in [1.82, 2.24) is 40.6 Å². The largest absolute Gasteiger partial charge is 0.465 e. The molecule has 9 aromatic rings. The lowest BCUT2D eigenvalue weighted by atomic mass is 9.98. The van der Waals surface area contributed by atoms with Gasteiger partial charge in [0.2, 0.25) is 5.91 Å². The molecule has 114 heavy (non-hydrogen) atoms. The van der Waals surface area contributed by atoms with Crippen molar-refractivity contribution in [3.05, 3.63) is 282 Å². The number of pyridine rings is 2. The number of ether oxygens (including phenoxy) is 3. The van der Waals surface area contributed by atoms with Crippen LogP contribution in [0.2, 0.25) is 0 Å². The van der Waals surface area contributed by atoms with Crippen LogP contribution in [0.25, 0.3) is 28.3 Å². The van der Waals surface area contributed by atoms with Crippen LogP contribution in [-0.2, 0) is 67.6 Å². The average Bonchev–Trinajstić information content (AvgIpc) is 1.62. The van der Waals surface area contributed by atoms with E-state index in [4.69, 9.17) is 24.2 Å². The van der Waals surface area contributed by atoms with E-state index in [0.717, 1.165) is 72.4 Å². The van der Waals surface area contributed by atoms with E-state index in [2.05, 4.69) is 84.6 Å². The minimum Gasteiger partial charge on any atom is -0.465 e. The predicted octanol–water partition coefficient (Wildman–Crippen LogP) is 15.2. The summed E-state index contributed by atoms with van der Waals surface area (Å²) >= 11 is 0. The smallest absolute Gasteiger partial charge is 0.413 e. The standard InChI is InChI=1S/C57H63N7O7.C34H32N4O5/c1-6-26-64(27-7-2)55(68)41-29-39-22-23-40(31-50(39)61-51(32-41)62-56(69)71-57(3,4)5)54(67)60-43-30-42-35-63(28-24-49(42)59-33-43)34-37-18-20-38(21-19-37)53(66)58-25-12-17-52(65)70-36-48-46-15-10-8-13-44(46)45-14-9-11-16-47(45)48;39-33(43-22-31-29-8-3-1-6-27(29)28-7-2-4-9-30(28)31)10-5-16-35-34(40)24-13-11-23(12-14-24)20-37-17-15-32-25(21-37)18-26(19-36-32)38(41)42/h8-11,13-16,18-23,29-31,33,48H,6-7,12,17,24-28,32,34-36H2,1-5H3,(H,58,66)(H,60,67)(H,61,62,69);1-4,6-9,11-14,18-19,31H,5,10,15-17,20-22H2,(H,35,40). The first-order chi connectivity index (χ1) is 55.2. The number of esters is 2. The Morgan fingerprint density at radius 2 is 1.03 bits per heavy atom. The number of carbonyl (C=O) groups is 7. The van der Waals surface area contributed by atoms with E-state index in [-0.39, 0.29) is 84.8 Å². The van der Waals surface area contributed by atoms with Crippen LogP contribution in [0.5, 0.6) is 0 Å². The van der Waals surface area contributed by atoms with E-state index in [9.17, 15) is 43.7 Å². The summed E-state index contributed by atoms with van der Waals surface area (Å²) < 4.78 is 16.9. The molecule has 0 spiro atoms. The van der Waals surface area contributed by atoms with E-state index < -0.39 is 16.6 Å². The average molecular weight is 1530 g/mol. The van der Waals surface area contributed by atoms with Crippen molar-refractivity contribution in [1.29, 1.82) is 0 Å². The lowest BCUT2D eigenvalue weighted by Crippen LogP contribution is -2.38. The van der Waals surface area contributed by atoms with E-state index >= 15 is 0 Å². The number of hydrogen-bond acceptors (Lipinski definition) is 17. The zero-order valence-electron chi connectivity index (χ0n) is 65.0. The number of aliphatic imine (C=N–C) groups is 1. The minimum absolute atomic E-state index is 0.00856. The molecule has 5 aliphatic rings. The van der Waals surface area contributed by atoms with Gasteiger partial charge in [0.1, 0.15) is 30.8 Å². The number of alkyl carbamates (subject to hydrolysis) is 1. The molecule has 586 valence electrons. The van der Waals surface area contributed by atoms with Gasteiger partial charge in [0.15, 0.2) is 0 Å². The third kappa shape index (κ3) is 20.1. The Labute approximate surface area is 663 Å². The van der Waals surface area contributed by atoms with Crippen LogP contribution in [-0.4, -0.2) is 135 Å². The second-order valence-electron chi connectivity index (χ2n) is 30.3. The Morgan fingerprint density at radius 1 is 0.561 bits per heavy atom. The number of amides is 5. The first-order valence-corrected chi connectivity index (χ1v) is 39.2. The second-order valence-corrected chi connectivity index (χ2v) is 30.3. The number of nitrogens with one attached hydrogen (secondary N) is 4. The molecule has 4 N–H and O–H groups in total. The molecule has 2 aromatic heterocycles. The van der Waals surface area contributed by atoms with Gasteiger partial charge in [-0.25, -0.2) is 9.79 Å². The summed E-state index contributed by atoms with van der Waals surface area (Å²) in [5.41, 5.74) is 18.1. The van der Waals surface area contributed by atoms with Crippen molar-refractivity contribution < 1.29 is 52.7 Å². The molecular weight excluding hydrogens is 1440 g/mol. The highest BCUT2D eigenvalue weighted by molar-refractivity contribution is 6.10. The third-order valence-electron chi connectivity index (χ3n) is 20.8. The quantitative estimate of drug-likeness (QED) is 0.0129. The van der Waals surface area contributed by atoms with Crippen LogP contribution in [0, 0.1) is 10.1 Å². The maximum atomic E-state index is 13.8. The number of carbonyl (C=O) groups excluding carboxylic acids is 7. The van der Waals surface area contributed by atoms with Crippen LogP contribution in [0.3, 0.4) is 0 Å². The molecule has 7 aromatic carbocycles. The first kappa shape index (κ1) is 79.7. The highest BCUT2D eigenvalue weighted by atomic mass is 16.6. The SMILES string of the molecule is CCCN(CCC)C(=O)C1=Cc2ccc(C(=O)Nc3cnc4c(c3)CN(Cc3ccc(C(=O)NCCCC(=O)OCC5c6ccccc6-c6ccccc65)cc3)CC4)cc2N=C(NC(=O)OC(C)(C)C)C1.O=C(CCCNC(=O)c1ccc(CN2CCc3ncc([N+](=O)[O-])cc3C2)cc1)OCC1c2ccccc2-c2ccccc21. The lowest BCUT2D eigenvalue weighted by Gasteiger charge is -2.28. The molecule has 0 radical (unpaired) electrons. The summed E-state index contributed by atoms with van der Waals surface area (Å²) in [4.78, 5) is 122. The summed E-state index contributed by atoms with van der Waals surface area (Å²) in [6.45, 7) is 16.0. The zero-order chi connectivity index (χ0) is 79.8. The number of amidine groups is 1. The van der Waals surface area contributed by atoms with Gasteiger partial charge < -0.3 is 35.1 Å². The fourth-order valence-electron chi connectivity index (χ4n) is 15.3. The minimum atomic E-state index is -0.743. The number of rotatable bonds is 26. The van der Waals surface area contributed by atoms with Crippen molar-refractivity contribution in [3.63, 3.8) is 0 Å². The maximum absolute atomic E-state index is 13.8. The van der Waals surface area contributed by atoms with Crippen molar-refractivity contribution in [2.24, 2.45) is 4.99 Å². The Balaban J connectivity index is 0.000000224. The van der Waals surface area contributed by atoms with E-state index in [0.29, 0.717) is 111 Å². The van der Waals surface area contributed by atoms with Crippen LogP contribution in [0.15, 0.2) is 199 Å². The number of fused-ring (bicyclic) bond motifs is 9. The number of hydrogen-bond donors (Lipinski definition) is 4. The molecule has 5 heterocycles. The number of anilines is 1.